The first kappa shape index (κ1) is 72.9. The van der Waals surface area contributed by atoms with Crippen LogP contribution in [0, 0.1) is 0 Å². The molecule has 0 aliphatic carbocycles. The van der Waals surface area contributed by atoms with Crippen molar-refractivity contribution in [1.29, 1.82) is 0 Å². The van der Waals surface area contributed by atoms with Gasteiger partial charge in [-0.15, -0.1) is 0 Å². The molecule has 0 atom stereocenters. The number of hydrogen-bond donors (Lipinski definition) is 2. The molecule has 6 N–H and O–H groups in total. The average molecular weight is 126 g/mol. The van der Waals surface area contributed by atoms with Gasteiger partial charge in [-0.25, -0.2) is 0 Å². The summed E-state index contributed by atoms with van der Waals surface area (Å²) in [6.45, 7) is 0. The summed E-state index contributed by atoms with van der Waals surface area (Å²) in [5, 5.41) is 0. The predicted octanol–water partition coefficient (Wildman–Crippen LogP) is -0.0593. The Labute approximate surface area is 49.4 Å². The largest absolute Gasteiger partial charge is 3.00 e. The number of rotatable bonds is 0. The van der Waals surface area contributed by atoms with Crippen LogP contribution in [0.5, 0.6) is 0 Å². The van der Waals surface area contributed by atoms with Crippen molar-refractivity contribution in [1.82, 2.24) is 12.3 Å². The molecule has 4 heteroatoms. The molecule has 0 saturated carbocycles. The summed E-state index contributed by atoms with van der Waals surface area (Å²) in [5.41, 5.74) is 0. The van der Waals surface area contributed by atoms with Crippen LogP contribution in [0.15, 0.2) is 0 Å². The predicted molar refractivity (Wildman–Crippen MR) is 15.8 cm³/mol. The molecular weight excluding hydrogens is 120 g/mol. The SMILES string of the molecule is N.N.[Al+3].[Zn+2]. The van der Waals surface area contributed by atoms with E-state index < -0.39 is 0 Å². The molecule has 0 rings (SSSR count). The third-order valence-electron chi connectivity index (χ3n) is 0. The van der Waals surface area contributed by atoms with Gasteiger partial charge in [0.1, 0.15) is 0 Å². The maximum atomic E-state index is 0. The maximum absolute atomic E-state index is 0. The molecule has 0 aliphatic rings. The summed E-state index contributed by atoms with van der Waals surface area (Å²) in [6.07, 6.45) is 0. The van der Waals surface area contributed by atoms with Crippen molar-refractivity contribution in [3.8, 4) is 0 Å². The zero-order chi connectivity index (χ0) is 0. The smallest absolute Gasteiger partial charge is 0.344 e. The monoisotopic (exact) mass is 125 g/mol. The van der Waals surface area contributed by atoms with Gasteiger partial charge in [0.15, 0.2) is 0 Å². The Morgan fingerprint density at radius 3 is 0.750 bits per heavy atom. The van der Waals surface area contributed by atoms with Gasteiger partial charge in [-0.05, 0) is 0 Å². The van der Waals surface area contributed by atoms with E-state index >= 15 is 0 Å². The molecule has 0 aromatic heterocycles. The van der Waals surface area contributed by atoms with E-state index in [0.29, 0.717) is 0 Å². The van der Waals surface area contributed by atoms with Crippen LogP contribution in [0.3, 0.4) is 0 Å². The molecule has 4 heavy (non-hydrogen) atoms. The first-order valence-electron chi connectivity index (χ1n) is 0. The second kappa shape index (κ2) is 33.3. The first-order valence-corrected chi connectivity index (χ1v) is 0. The topological polar surface area (TPSA) is 70.0 Å². The van der Waals surface area contributed by atoms with E-state index in [2.05, 4.69) is 0 Å². The van der Waals surface area contributed by atoms with Gasteiger partial charge in [-0.2, -0.15) is 0 Å². The molecule has 0 aliphatic heterocycles. The van der Waals surface area contributed by atoms with Crippen molar-refractivity contribution in [2.45, 2.75) is 0 Å². The van der Waals surface area contributed by atoms with Crippen LogP contribution in [0.2, 0.25) is 0 Å². The van der Waals surface area contributed by atoms with Gasteiger partial charge >= 0.3 is 36.8 Å². The molecule has 2 nitrogen and oxygen atoms in total. The van der Waals surface area contributed by atoms with E-state index in [4.69, 9.17) is 0 Å². The van der Waals surface area contributed by atoms with Gasteiger partial charge in [-0.3, -0.25) is 0 Å². The van der Waals surface area contributed by atoms with Gasteiger partial charge in [0.05, 0.1) is 0 Å². The van der Waals surface area contributed by atoms with Crippen LogP contribution < -0.4 is 12.3 Å². The summed E-state index contributed by atoms with van der Waals surface area (Å²) < 4.78 is 0. The van der Waals surface area contributed by atoms with Gasteiger partial charge in [0.2, 0.25) is 0 Å². The third-order valence-corrected chi connectivity index (χ3v) is 0. The summed E-state index contributed by atoms with van der Waals surface area (Å²) in [4.78, 5) is 0. The van der Waals surface area contributed by atoms with Gasteiger partial charge in [0.25, 0.3) is 0 Å². The summed E-state index contributed by atoms with van der Waals surface area (Å²) in [7, 11) is 0. The van der Waals surface area contributed by atoms with Crippen LogP contribution in [-0.2, 0) is 19.5 Å². The van der Waals surface area contributed by atoms with Crippen LogP contribution in [0.25, 0.3) is 0 Å². The Kier molecular flexibility index (Phi) is 607. The molecule has 0 heterocycles. The molecule has 0 spiro atoms. The summed E-state index contributed by atoms with van der Waals surface area (Å²) in [6, 6.07) is 0. The molecule has 0 radical (unpaired) electrons. The summed E-state index contributed by atoms with van der Waals surface area (Å²) in [5.74, 6) is 0. The molecule has 0 amide bonds. The molecule has 0 fully saturated rings. The van der Waals surface area contributed by atoms with Crippen molar-refractivity contribution >= 4 is 17.4 Å². The third kappa shape index (κ3) is 11.5. The van der Waals surface area contributed by atoms with Gasteiger partial charge < -0.3 is 12.3 Å². The fourth-order valence-corrected chi connectivity index (χ4v) is 0. The standard InChI is InChI=1S/Al.2H3N.Zn/h;2*1H3;/q+3;;;+2. The van der Waals surface area contributed by atoms with E-state index in [1.165, 1.54) is 0 Å². The molecule has 0 bridgehead atoms. The van der Waals surface area contributed by atoms with Crippen molar-refractivity contribution < 1.29 is 19.5 Å². The quantitative estimate of drug-likeness (QED) is 0.447. The van der Waals surface area contributed by atoms with Crippen molar-refractivity contribution in [3.05, 3.63) is 0 Å². The maximum Gasteiger partial charge on any atom is 3.00 e. The first-order chi connectivity index (χ1) is 0. The fraction of sp³-hybridized carbons (Fsp3) is 0. The fourth-order valence-electron chi connectivity index (χ4n) is 0. The van der Waals surface area contributed by atoms with Crippen LogP contribution >= 0.6 is 0 Å². The van der Waals surface area contributed by atoms with E-state index in [1.807, 2.05) is 0 Å². The van der Waals surface area contributed by atoms with Crippen LogP contribution in [0.4, 0.5) is 0 Å². The number of hydrogen-bond acceptors (Lipinski definition) is 2. The van der Waals surface area contributed by atoms with Gasteiger partial charge in [-0.1, -0.05) is 0 Å². The minimum absolute atomic E-state index is 0. The second-order valence-corrected chi connectivity index (χ2v) is 0. The Morgan fingerprint density at radius 1 is 0.750 bits per heavy atom. The second-order valence-electron chi connectivity index (χ2n) is 0. The Hall–Kier alpha value is 1.08. The molecule has 16 valence electrons. The van der Waals surface area contributed by atoms with E-state index in [0.717, 1.165) is 0 Å². The average Bonchev–Trinajstić information content (AvgIpc) is 0. The molecule has 0 aromatic rings. The van der Waals surface area contributed by atoms with E-state index in [9.17, 15) is 0 Å². The minimum Gasteiger partial charge on any atom is -0.344 e. The minimum atomic E-state index is 0. The Bertz CT molecular complexity index is 6.00. The summed E-state index contributed by atoms with van der Waals surface area (Å²) >= 11 is 0. The van der Waals surface area contributed by atoms with Crippen molar-refractivity contribution in [2.75, 3.05) is 0 Å². The normalized spacial score (nSPS) is 0. The Balaban J connectivity index is 0. The zero-order valence-electron chi connectivity index (χ0n) is 2.70. The van der Waals surface area contributed by atoms with Crippen molar-refractivity contribution in [2.24, 2.45) is 0 Å². The van der Waals surface area contributed by atoms with E-state index in [-0.39, 0.29) is 49.1 Å². The van der Waals surface area contributed by atoms with Crippen LogP contribution in [-0.4, -0.2) is 17.4 Å². The molecule has 0 saturated heterocycles. The molecule has 0 aromatic carbocycles. The molecular formula is H6AlN2Zn+5. The van der Waals surface area contributed by atoms with Crippen LogP contribution in [0.1, 0.15) is 0 Å². The Morgan fingerprint density at radius 2 is 0.750 bits per heavy atom. The van der Waals surface area contributed by atoms with E-state index in [1.54, 1.807) is 0 Å². The molecule has 0 unspecified atom stereocenters. The van der Waals surface area contributed by atoms with Gasteiger partial charge in [0, 0.05) is 0 Å². The van der Waals surface area contributed by atoms with Crippen molar-refractivity contribution in [3.63, 3.8) is 0 Å². The zero-order valence-corrected chi connectivity index (χ0v) is 6.82.